The number of hydrogen-bond acceptors (Lipinski definition) is 10. The van der Waals surface area contributed by atoms with Gasteiger partial charge in [-0.3, -0.25) is 28.9 Å². The van der Waals surface area contributed by atoms with Gasteiger partial charge in [0, 0.05) is 35.7 Å². The Morgan fingerprint density at radius 2 is 1.85 bits per heavy atom. The Bertz CT molecular complexity index is 2360. The second-order valence-corrected chi connectivity index (χ2v) is 12.7. The van der Waals surface area contributed by atoms with Gasteiger partial charge < -0.3 is 11.1 Å². The van der Waals surface area contributed by atoms with Crippen LogP contribution in [0.2, 0.25) is 0 Å². The smallest absolute Gasteiger partial charge is 0.274 e. The van der Waals surface area contributed by atoms with Crippen LogP contribution < -0.4 is 21.3 Å². The number of hydrogen-bond donors (Lipinski definition) is 3. The first-order chi connectivity index (χ1) is 23.1. The SMILES string of the molecule is C[C@@H](NC(=O)c1nc(-c2cncc(NS(C)(=O)=O)c2)cnc1N)c1nc2cccc(C#CC3=CC=NCC3)c2c(=O)n1-c1ccccc1. The zero-order chi connectivity index (χ0) is 33.8. The van der Waals surface area contributed by atoms with Crippen molar-refractivity contribution in [3.63, 3.8) is 0 Å². The van der Waals surface area contributed by atoms with Gasteiger partial charge in [0.2, 0.25) is 10.0 Å². The first-order valence-corrected chi connectivity index (χ1v) is 16.7. The van der Waals surface area contributed by atoms with E-state index in [4.69, 9.17) is 10.7 Å². The van der Waals surface area contributed by atoms with Crippen molar-refractivity contribution in [1.29, 1.82) is 0 Å². The van der Waals surface area contributed by atoms with Crippen molar-refractivity contribution < 1.29 is 13.2 Å². The lowest BCUT2D eigenvalue weighted by atomic mass is 10.1. The third kappa shape index (κ3) is 6.96. The number of nitrogens with two attached hydrogens (primary N) is 1. The summed E-state index contributed by atoms with van der Waals surface area (Å²) >= 11 is 0. The summed E-state index contributed by atoms with van der Waals surface area (Å²) in [6, 6.07) is 15.0. The van der Waals surface area contributed by atoms with Crippen LogP contribution in [-0.4, -0.2) is 57.8 Å². The molecule has 6 rings (SSSR count). The Morgan fingerprint density at radius 3 is 2.60 bits per heavy atom. The number of pyridine rings is 1. The number of aliphatic imine (C=N–C) groups is 1. The van der Waals surface area contributed by atoms with Gasteiger partial charge >= 0.3 is 0 Å². The molecule has 0 unspecified atom stereocenters. The lowest BCUT2D eigenvalue weighted by Gasteiger charge is -2.20. The number of anilines is 2. The van der Waals surface area contributed by atoms with Crippen LogP contribution in [0.25, 0.3) is 27.8 Å². The quantitative estimate of drug-likeness (QED) is 0.220. The van der Waals surface area contributed by atoms with E-state index < -0.39 is 22.0 Å². The van der Waals surface area contributed by atoms with Gasteiger partial charge in [0.25, 0.3) is 11.5 Å². The van der Waals surface area contributed by atoms with Crippen molar-refractivity contribution in [2.24, 2.45) is 4.99 Å². The second-order valence-electron chi connectivity index (χ2n) is 10.9. The van der Waals surface area contributed by atoms with Crippen LogP contribution in [-0.2, 0) is 10.0 Å². The van der Waals surface area contributed by atoms with Crippen molar-refractivity contribution in [1.82, 2.24) is 29.8 Å². The molecule has 14 heteroatoms. The van der Waals surface area contributed by atoms with Crippen LogP contribution in [0, 0.1) is 11.8 Å². The molecule has 48 heavy (non-hydrogen) atoms. The Morgan fingerprint density at radius 1 is 1.04 bits per heavy atom. The minimum Gasteiger partial charge on any atom is -0.382 e. The van der Waals surface area contributed by atoms with Gasteiger partial charge in [0.05, 0.1) is 52.7 Å². The number of nitrogens with zero attached hydrogens (tertiary/aromatic N) is 6. The Labute approximate surface area is 275 Å². The van der Waals surface area contributed by atoms with Crippen molar-refractivity contribution in [3.8, 4) is 28.8 Å². The molecule has 0 bridgehead atoms. The first kappa shape index (κ1) is 31.8. The molecule has 4 N–H and O–H groups in total. The average Bonchev–Trinajstić information content (AvgIpc) is 3.07. The fourth-order valence-electron chi connectivity index (χ4n) is 5.09. The lowest BCUT2D eigenvalue weighted by molar-refractivity contribution is 0.0933. The van der Waals surface area contributed by atoms with Gasteiger partial charge in [-0.05, 0) is 49.8 Å². The predicted molar refractivity (Wildman–Crippen MR) is 184 cm³/mol. The zero-order valence-electron chi connectivity index (χ0n) is 25.9. The molecular weight excluding hydrogens is 631 g/mol. The van der Waals surface area contributed by atoms with E-state index in [2.05, 4.69) is 41.8 Å². The predicted octanol–water partition coefficient (Wildman–Crippen LogP) is 3.43. The summed E-state index contributed by atoms with van der Waals surface area (Å²) in [7, 11) is -3.55. The topological polar surface area (TPSA) is 187 Å². The first-order valence-electron chi connectivity index (χ1n) is 14.8. The highest BCUT2D eigenvalue weighted by Gasteiger charge is 2.23. The maximum Gasteiger partial charge on any atom is 0.274 e. The number of allylic oxidation sites excluding steroid dienone is 1. The molecule has 13 nitrogen and oxygen atoms in total. The summed E-state index contributed by atoms with van der Waals surface area (Å²) in [4.78, 5) is 49.5. The van der Waals surface area contributed by atoms with E-state index in [1.165, 1.54) is 29.2 Å². The molecule has 1 amide bonds. The summed E-state index contributed by atoms with van der Waals surface area (Å²) in [6.07, 6.45) is 9.49. The maximum absolute atomic E-state index is 14.3. The third-order valence-corrected chi connectivity index (χ3v) is 7.88. The number of para-hydroxylation sites is 1. The normalized spacial score (nSPS) is 13.2. The molecule has 0 fully saturated rings. The van der Waals surface area contributed by atoms with E-state index in [1.54, 1.807) is 55.6 Å². The minimum atomic E-state index is -3.55. The van der Waals surface area contributed by atoms with Crippen LogP contribution in [0.1, 0.15) is 41.3 Å². The molecule has 1 aliphatic rings. The van der Waals surface area contributed by atoms with Crippen LogP contribution in [0.3, 0.4) is 0 Å². The summed E-state index contributed by atoms with van der Waals surface area (Å²) in [5.41, 5.74) is 8.85. The fraction of sp³-hybridized carbons (Fsp3) is 0.147. The molecule has 0 radical (unpaired) electrons. The van der Waals surface area contributed by atoms with Gasteiger partial charge in [-0.1, -0.05) is 36.1 Å². The number of rotatable bonds is 7. The van der Waals surface area contributed by atoms with Crippen molar-refractivity contribution in [3.05, 3.63) is 112 Å². The fourth-order valence-corrected chi connectivity index (χ4v) is 5.63. The van der Waals surface area contributed by atoms with Crippen LogP contribution in [0.4, 0.5) is 11.5 Å². The molecule has 0 spiro atoms. The van der Waals surface area contributed by atoms with Crippen LogP contribution >= 0.6 is 0 Å². The zero-order valence-corrected chi connectivity index (χ0v) is 26.7. The molecule has 3 aromatic heterocycles. The number of fused-ring (bicyclic) bond motifs is 1. The number of nitrogens with one attached hydrogen (secondary N) is 2. The molecule has 5 aromatic rings. The lowest BCUT2D eigenvalue weighted by Crippen LogP contribution is -2.34. The summed E-state index contributed by atoms with van der Waals surface area (Å²) in [5.74, 6) is 5.79. The molecule has 4 heterocycles. The van der Waals surface area contributed by atoms with E-state index in [0.29, 0.717) is 34.3 Å². The number of amides is 1. The van der Waals surface area contributed by atoms with E-state index >= 15 is 0 Å². The van der Waals surface area contributed by atoms with Gasteiger partial charge in [-0.25, -0.2) is 23.4 Å². The average molecular weight is 660 g/mol. The Hall–Kier alpha value is -6.20. The third-order valence-electron chi connectivity index (χ3n) is 7.28. The Kier molecular flexibility index (Phi) is 8.78. The summed E-state index contributed by atoms with van der Waals surface area (Å²) < 4.78 is 27.2. The van der Waals surface area contributed by atoms with Gasteiger partial charge in [0.15, 0.2) is 11.5 Å². The number of sulfonamides is 1. The molecule has 0 aliphatic carbocycles. The number of benzene rings is 2. The number of carbonyl (C=O) groups excluding carboxylic acids is 1. The molecule has 1 atom stereocenters. The molecule has 2 aromatic carbocycles. The summed E-state index contributed by atoms with van der Waals surface area (Å²) in [6.45, 7) is 2.36. The van der Waals surface area contributed by atoms with E-state index in [9.17, 15) is 18.0 Å². The van der Waals surface area contributed by atoms with Gasteiger partial charge in [0.1, 0.15) is 5.82 Å². The highest BCUT2D eigenvalue weighted by atomic mass is 32.2. The van der Waals surface area contributed by atoms with E-state index in [1.807, 2.05) is 12.1 Å². The molecule has 240 valence electrons. The summed E-state index contributed by atoms with van der Waals surface area (Å²) in [5, 5.41) is 3.21. The molecule has 1 aliphatic heterocycles. The maximum atomic E-state index is 14.3. The minimum absolute atomic E-state index is 0.128. The molecular formula is C34H29N9O4S. The standard InChI is InChI=1S/C34H29N9O4S/c1-21(39-33(44)30-31(35)38-20-28(40-30)24-17-25(19-37-18-24)42-48(2,46)47)32-41-27-10-6-7-23(12-11-22-13-15-36-16-14-22)29(27)34(45)43(32)26-8-4-3-5-9-26/h3-10,13,15,17-21,42H,14,16H2,1-2H3,(H2,35,38)(H,39,44)/t21-/m1/s1. The molecule has 0 saturated heterocycles. The van der Waals surface area contributed by atoms with E-state index in [-0.39, 0.29) is 34.3 Å². The highest BCUT2D eigenvalue weighted by Crippen LogP contribution is 2.23. The van der Waals surface area contributed by atoms with Crippen molar-refractivity contribution in [2.75, 3.05) is 23.3 Å². The number of carbonyl (C=O) groups is 1. The monoisotopic (exact) mass is 659 g/mol. The highest BCUT2D eigenvalue weighted by molar-refractivity contribution is 7.92. The van der Waals surface area contributed by atoms with Gasteiger partial charge in [-0.15, -0.1) is 0 Å². The Balaban J connectivity index is 1.38. The number of nitrogen functional groups attached to an aromatic ring is 1. The number of dihydropyridines is 1. The van der Waals surface area contributed by atoms with Crippen LogP contribution in [0.15, 0.2) is 94.6 Å². The number of aromatic nitrogens is 5. The van der Waals surface area contributed by atoms with E-state index in [0.717, 1.165) is 18.2 Å². The largest absolute Gasteiger partial charge is 0.382 e. The second kappa shape index (κ2) is 13.3. The molecule has 0 saturated carbocycles. The van der Waals surface area contributed by atoms with Crippen molar-refractivity contribution in [2.45, 2.75) is 19.4 Å². The van der Waals surface area contributed by atoms with Crippen molar-refractivity contribution >= 4 is 44.6 Å². The van der Waals surface area contributed by atoms with Gasteiger partial charge in [-0.2, -0.15) is 0 Å². The van der Waals surface area contributed by atoms with Crippen LogP contribution in [0.5, 0.6) is 0 Å².